The Morgan fingerprint density at radius 1 is 1.06 bits per heavy atom. The molecule has 186 valence electrons. The number of H-pyrrole nitrogens is 1. The van der Waals surface area contributed by atoms with E-state index in [4.69, 9.17) is 9.90 Å². The van der Waals surface area contributed by atoms with Gasteiger partial charge in [0.25, 0.3) is 11.5 Å². The van der Waals surface area contributed by atoms with Crippen LogP contribution in [0.3, 0.4) is 0 Å². The molecule has 3 aromatic rings. The maximum absolute atomic E-state index is 13.3. The van der Waals surface area contributed by atoms with Crippen molar-refractivity contribution in [2.75, 3.05) is 19.6 Å². The number of alkyl halides is 3. The second-order valence-corrected chi connectivity index (χ2v) is 7.75. The molecular formula is C23H22F4N4O4. The Morgan fingerprint density at radius 3 is 2.23 bits per heavy atom. The largest absolute Gasteiger partial charge is 0.490 e. The van der Waals surface area contributed by atoms with Crippen LogP contribution in [-0.4, -0.2) is 57.5 Å². The summed E-state index contributed by atoms with van der Waals surface area (Å²) in [5, 5.41) is 13.3. The van der Waals surface area contributed by atoms with Crippen molar-refractivity contribution in [2.24, 2.45) is 0 Å². The lowest BCUT2D eigenvalue weighted by Gasteiger charge is -2.36. The third-order valence-corrected chi connectivity index (χ3v) is 5.24. The van der Waals surface area contributed by atoms with E-state index in [2.05, 4.69) is 10.4 Å². The fourth-order valence-electron chi connectivity index (χ4n) is 3.48. The minimum absolute atomic E-state index is 0.229. The molecule has 0 bridgehead atoms. The van der Waals surface area contributed by atoms with Gasteiger partial charge in [-0.2, -0.15) is 13.2 Å². The summed E-state index contributed by atoms with van der Waals surface area (Å²) in [6.45, 7) is 3.70. The molecular weight excluding hydrogens is 472 g/mol. The van der Waals surface area contributed by atoms with E-state index < -0.39 is 12.1 Å². The molecule has 1 unspecified atom stereocenters. The quantitative estimate of drug-likeness (QED) is 0.486. The zero-order valence-corrected chi connectivity index (χ0v) is 18.5. The lowest BCUT2D eigenvalue weighted by molar-refractivity contribution is -0.192. The molecule has 1 aliphatic heterocycles. The van der Waals surface area contributed by atoms with E-state index in [-0.39, 0.29) is 29.0 Å². The van der Waals surface area contributed by atoms with Gasteiger partial charge < -0.3 is 15.3 Å². The maximum atomic E-state index is 13.3. The number of nitrogens with one attached hydrogen (secondary N) is 2. The normalized spacial score (nSPS) is 15.8. The summed E-state index contributed by atoms with van der Waals surface area (Å²) in [7, 11) is 0. The molecule has 1 aliphatic rings. The third kappa shape index (κ3) is 6.35. The van der Waals surface area contributed by atoms with Gasteiger partial charge in [0.1, 0.15) is 11.5 Å². The number of rotatable bonds is 3. The minimum Gasteiger partial charge on any atom is -0.475 e. The van der Waals surface area contributed by atoms with Crippen molar-refractivity contribution < 1.29 is 32.3 Å². The van der Waals surface area contributed by atoms with Gasteiger partial charge in [0.2, 0.25) is 0 Å². The molecule has 35 heavy (non-hydrogen) atoms. The van der Waals surface area contributed by atoms with Gasteiger partial charge >= 0.3 is 12.1 Å². The zero-order chi connectivity index (χ0) is 25.8. The molecule has 0 saturated carbocycles. The van der Waals surface area contributed by atoms with Crippen LogP contribution in [0.5, 0.6) is 0 Å². The van der Waals surface area contributed by atoms with E-state index in [9.17, 15) is 27.2 Å². The number of aromatic amines is 1. The Kier molecular flexibility index (Phi) is 7.75. The molecule has 0 aliphatic carbocycles. The first kappa shape index (κ1) is 25.7. The van der Waals surface area contributed by atoms with Crippen LogP contribution in [0.25, 0.3) is 5.69 Å². The third-order valence-electron chi connectivity index (χ3n) is 5.24. The topological polar surface area (TPSA) is 107 Å². The van der Waals surface area contributed by atoms with Crippen LogP contribution < -0.4 is 10.9 Å². The van der Waals surface area contributed by atoms with Crippen molar-refractivity contribution in [3.05, 3.63) is 87.6 Å². The lowest BCUT2D eigenvalue weighted by atomic mass is 10.0. The number of hydrogen-bond donors (Lipinski definition) is 3. The summed E-state index contributed by atoms with van der Waals surface area (Å²) in [6, 6.07) is 14.7. The number of carbonyl (C=O) groups is 2. The summed E-state index contributed by atoms with van der Waals surface area (Å²) >= 11 is 0. The second kappa shape index (κ2) is 10.6. The van der Waals surface area contributed by atoms with E-state index >= 15 is 0 Å². The Bertz CT molecular complexity index is 1230. The number of aliphatic carboxylic acids is 1. The molecule has 0 radical (unpaired) electrons. The standard InChI is InChI=1S/C21H21FN4O2.C2HF3O2/c1-14-2-8-17(9-3-14)26-20(27)12-18(24-26)21(28)25-11-10-23-13-19(25)15-4-6-16(22)7-5-15;3-2(4,5)1(6)7/h2-9,12,19,23-24H,10-11,13H2,1H3;(H,6,7). The highest BCUT2D eigenvalue weighted by Crippen LogP contribution is 2.24. The molecule has 0 spiro atoms. The Balaban J connectivity index is 0.000000429. The van der Waals surface area contributed by atoms with Gasteiger partial charge in [-0.1, -0.05) is 29.8 Å². The van der Waals surface area contributed by atoms with E-state index in [1.807, 2.05) is 31.2 Å². The second-order valence-electron chi connectivity index (χ2n) is 7.75. The van der Waals surface area contributed by atoms with Crippen molar-refractivity contribution >= 4 is 11.9 Å². The van der Waals surface area contributed by atoms with Crippen LogP contribution in [0, 0.1) is 12.7 Å². The minimum atomic E-state index is -5.08. The fraction of sp³-hybridized carbons (Fsp3) is 0.261. The van der Waals surface area contributed by atoms with E-state index in [1.165, 1.54) is 22.9 Å². The summed E-state index contributed by atoms with van der Waals surface area (Å²) in [5.74, 6) is -3.32. The Morgan fingerprint density at radius 2 is 1.66 bits per heavy atom. The van der Waals surface area contributed by atoms with Crippen molar-refractivity contribution in [1.29, 1.82) is 0 Å². The van der Waals surface area contributed by atoms with Crippen LogP contribution in [0.2, 0.25) is 0 Å². The number of carboxylic acid groups (broad SMARTS) is 1. The van der Waals surface area contributed by atoms with Crippen LogP contribution in [0.1, 0.15) is 27.7 Å². The molecule has 4 rings (SSSR count). The average molecular weight is 494 g/mol. The molecule has 1 amide bonds. The molecule has 1 aromatic heterocycles. The van der Waals surface area contributed by atoms with Crippen LogP contribution in [0.4, 0.5) is 17.6 Å². The highest BCUT2D eigenvalue weighted by Gasteiger charge is 2.38. The first-order chi connectivity index (χ1) is 16.5. The van der Waals surface area contributed by atoms with Gasteiger partial charge in [-0.15, -0.1) is 0 Å². The van der Waals surface area contributed by atoms with E-state index in [0.29, 0.717) is 25.3 Å². The number of hydrogen-bond acceptors (Lipinski definition) is 4. The Hall–Kier alpha value is -3.93. The summed E-state index contributed by atoms with van der Waals surface area (Å²) in [4.78, 5) is 36.2. The molecule has 8 nitrogen and oxygen atoms in total. The number of aromatic nitrogens is 2. The number of carbonyl (C=O) groups excluding carboxylic acids is 1. The number of amides is 1. The van der Waals surface area contributed by atoms with Crippen LogP contribution in [-0.2, 0) is 4.79 Å². The fourth-order valence-corrected chi connectivity index (χ4v) is 3.48. The predicted octanol–water partition coefficient (Wildman–Crippen LogP) is 3.03. The number of piperazine rings is 1. The number of benzene rings is 2. The molecule has 2 heterocycles. The number of halogens is 4. The summed E-state index contributed by atoms with van der Waals surface area (Å²) in [5.41, 5.74) is 2.55. The Labute approximate surface area is 196 Å². The van der Waals surface area contributed by atoms with Gasteiger partial charge in [0, 0.05) is 25.7 Å². The van der Waals surface area contributed by atoms with Crippen molar-refractivity contribution in [1.82, 2.24) is 20.0 Å². The monoisotopic (exact) mass is 494 g/mol. The van der Waals surface area contributed by atoms with E-state index in [1.54, 1.807) is 17.0 Å². The van der Waals surface area contributed by atoms with Crippen molar-refractivity contribution in [2.45, 2.75) is 19.1 Å². The average Bonchev–Trinajstić information content (AvgIpc) is 3.21. The zero-order valence-electron chi connectivity index (χ0n) is 18.5. The SMILES string of the molecule is Cc1ccc(-n2[nH]c(C(=O)N3CCNCC3c3ccc(F)cc3)cc2=O)cc1.O=C(O)C(F)(F)F. The molecule has 12 heteroatoms. The molecule has 1 saturated heterocycles. The predicted molar refractivity (Wildman–Crippen MR) is 118 cm³/mol. The lowest BCUT2D eigenvalue weighted by Crippen LogP contribution is -2.48. The van der Waals surface area contributed by atoms with Crippen LogP contribution in [0.15, 0.2) is 59.4 Å². The van der Waals surface area contributed by atoms with Gasteiger partial charge in [0.15, 0.2) is 0 Å². The highest BCUT2D eigenvalue weighted by molar-refractivity contribution is 5.92. The summed E-state index contributed by atoms with van der Waals surface area (Å²) in [6.07, 6.45) is -5.08. The molecule has 3 N–H and O–H groups in total. The molecule has 2 aromatic carbocycles. The summed E-state index contributed by atoms with van der Waals surface area (Å²) < 4.78 is 46.4. The van der Waals surface area contributed by atoms with Gasteiger partial charge in [0.05, 0.1) is 11.7 Å². The molecule has 1 fully saturated rings. The number of carboxylic acids is 1. The van der Waals surface area contributed by atoms with Gasteiger partial charge in [-0.25, -0.2) is 13.9 Å². The first-order valence-electron chi connectivity index (χ1n) is 10.4. The number of nitrogens with zero attached hydrogens (tertiary/aromatic N) is 2. The number of aryl methyl sites for hydroxylation is 1. The van der Waals surface area contributed by atoms with E-state index in [0.717, 1.165) is 11.1 Å². The first-order valence-corrected chi connectivity index (χ1v) is 10.4. The molecule has 1 atom stereocenters. The van der Waals surface area contributed by atoms with Gasteiger partial charge in [-0.3, -0.25) is 14.7 Å². The van der Waals surface area contributed by atoms with Gasteiger partial charge in [-0.05, 0) is 36.8 Å². The van der Waals surface area contributed by atoms with Crippen LogP contribution >= 0.6 is 0 Å². The highest BCUT2D eigenvalue weighted by atomic mass is 19.4. The smallest absolute Gasteiger partial charge is 0.475 e. The van der Waals surface area contributed by atoms with Crippen molar-refractivity contribution in [3.63, 3.8) is 0 Å². The maximum Gasteiger partial charge on any atom is 0.490 e. The van der Waals surface area contributed by atoms with Crippen molar-refractivity contribution in [3.8, 4) is 5.69 Å².